The van der Waals surface area contributed by atoms with Crippen LogP contribution in [0.2, 0.25) is 0 Å². The van der Waals surface area contributed by atoms with Crippen LogP contribution in [0, 0.1) is 12.8 Å². The lowest BCUT2D eigenvalue weighted by molar-refractivity contribution is 0.0372. The fourth-order valence-electron chi connectivity index (χ4n) is 3.36. The van der Waals surface area contributed by atoms with Crippen molar-refractivity contribution in [3.63, 3.8) is 0 Å². The van der Waals surface area contributed by atoms with Gasteiger partial charge in [0, 0.05) is 12.3 Å². The number of rotatable bonds is 2. The molecule has 1 amide bonds. The number of allylic oxidation sites excluding steroid dienone is 1. The molecule has 7 nitrogen and oxygen atoms in total. The van der Waals surface area contributed by atoms with Crippen LogP contribution in [0.4, 0.5) is 0 Å². The van der Waals surface area contributed by atoms with Crippen molar-refractivity contribution in [2.45, 2.75) is 44.4 Å². The van der Waals surface area contributed by atoms with E-state index < -0.39 is 18.1 Å². The van der Waals surface area contributed by atoms with E-state index in [0.717, 1.165) is 12.0 Å². The van der Waals surface area contributed by atoms with Crippen molar-refractivity contribution in [3.05, 3.63) is 23.3 Å². The first-order valence-electron chi connectivity index (χ1n) is 6.78. The second-order valence-corrected chi connectivity index (χ2v) is 5.48. The molecule has 1 heterocycles. The zero-order chi connectivity index (χ0) is 14.4. The fourth-order valence-corrected chi connectivity index (χ4v) is 3.36. The number of fused-ring (bicyclic) bond motifs is 1. The summed E-state index contributed by atoms with van der Waals surface area (Å²) in [6, 6.07) is -0.256. The molecule has 4 atom stereocenters. The van der Waals surface area contributed by atoms with E-state index in [4.69, 9.17) is 5.73 Å². The number of carbonyl (C=O) groups is 1. The monoisotopic (exact) mass is 278 g/mol. The van der Waals surface area contributed by atoms with E-state index in [9.17, 15) is 15.0 Å². The van der Waals surface area contributed by atoms with Gasteiger partial charge in [-0.15, -0.1) is 0 Å². The lowest BCUT2D eigenvalue weighted by Crippen LogP contribution is -2.30. The number of primary amides is 1. The molecule has 1 saturated carbocycles. The van der Waals surface area contributed by atoms with Crippen LogP contribution in [0.1, 0.15) is 41.7 Å². The van der Waals surface area contributed by atoms with E-state index in [1.807, 2.05) is 6.08 Å². The van der Waals surface area contributed by atoms with Gasteiger partial charge in [0.1, 0.15) is 5.82 Å². The third-order valence-electron chi connectivity index (χ3n) is 4.16. The molecule has 0 saturated heterocycles. The van der Waals surface area contributed by atoms with E-state index in [-0.39, 0.29) is 17.8 Å². The van der Waals surface area contributed by atoms with Crippen LogP contribution < -0.4 is 5.73 Å². The molecule has 0 aliphatic heterocycles. The van der Waals surface area contributed by atoms with Crippen molar-refractivity contribution in [2.24, 2.45) is 11.7 Å². The molecule has 1 aromatic rings. The molecule has 2 aliphatic rings. The average molecular weight is 278 g/mol. The molecule has 0 aromatic carbocycles. The van der Waals surface area contributed by atoms with E-state index in [2.05, 4.69) is 10.1 Å². The van der Waals surface area contributed by atoms with Crippen LogP contribution in [0.15, 0.2) is 11.6 Å². The van der Waals surface area contributed by atoms with Crippen LogP contribution in [0.3, 0.4) is 0 Å². The zero-order valence-electron chi connectivity index (χ0n) is 11.2. The summed E-state index contributed by atoms with van der Waals surface area (Å²) in [5.74, 6) is -0.352. The smallest absolute Gasteiger partial charge is 0.286 e. The van der Waals surface area contributed by atoms with Crippen molar-refractivity contribution in [3.8, 4) is 0 Å². The highest BCUT2D eigenvalue weighted by atomic mass is 16.3. The Morgan fingerprint density at radius 1 is 1.45 bits per heavy atom. The Morgan fingerprint density at radius 2 is 2.20 bits per heavy atom. The van der Waals surface area contributed by atoms with Gasteiger partial charge in [0.2, 0.25) is 5.82 Å². The minimum absolute atomic E-state index is 0.0984. The summed E-state index contributed by atoms with van der Waals surface area (Å²) in [4.78, 5) is 15.5. The predicted octanol–water partition coefficient (Wildman–Crippen LogP) is -0.312. The van der Waals surface area contributed by atoms with Crippen LogP contribution in [-0.2, 0) is 0 Å². The van der Waals surface area contributed by atoms with E-state index in [1.165, 1.54) is 4.68 Å². The van der Waals surface area contributed by atoms with Crippen LogP contribution >= 0.6 is 0 Å². The number of aromatic nitrogens is 3. The molecule has 1 fully saturated rings. The first-order chi connectivity index (χ1) is 9.49. The number of aliphatic hydroxyl groups is 2. The Bertz CT molecular complexity index is 580. The number of nitrogens with zero attached hydrogens (tertiary/aromatic N) is 3. The number of nitrogens with two attached hydrogens (primary N) is 1. The maximum atomic E-state index is 11.5. The van der Waals surface area contributed by atoms with Crippen molar-refractivity contribution in [1.82, 2.24) is 14.8 Å². The predicted molar refractivity (Wildman–Crippen MR) is 69.8 cm³/mol. The molecule has 2 aliphatic carbocycles. The van der Waals surface area contributed by atoms with Gasteiger partial charge in [-0.3, -0.25) is 4.79 Å². The number of aryl methyl sites for hydroxylation is 1. The zero-order valence-corrected chi connectivity index (χ0v) is 11.2. The summed E-state index contributed by atoms with van der Waals surface area (Å²) in [5, 5.41) is 24.5. The fraction of sp³-hybridized carbons (Fsp3) is 0.615. The van der Waals surface area contributed by atoms with Crippen LogP contribution in [-0.4, -0.2) is 43.1 Å². The Hall–Kier alpha value is -1.73. The van der Waals surface area contributed by atoms with Gasteiger partial charge >= 0.3 is 0 Å². The SMILES string of the molecule is Cc1nc(C(N)=O)n([C@H]2C[C@H](O)[C@@H]3C2=CCC[C@H]3O)n1. The molecule has 0 unspecified atom stereocenters. The van der Waals surface area contributed by atoms with E-state index >= 15 is 0 Å². The van der Waals surface area contributed by atoms with Crippen molar-refractivity contribution in [1.29, 1.82) is 0 Å². The second-order valence-electron chi connectivity index (χ2n) is 5.48. The Morgan fingerprint density at radius 3 is 2.90 bits per heavy atom. The van der Waals surface area contributed by atoms with Gasteiger partial charge in [-0.25, -0.2) is 9.67 Å². The van der Waals surface area contributed by atoms with Crippen molar-refractivity contribution >= 4 is 5.91 Å². The first-order valence-corrected chi connectivity index (χ1v) is 6.78. The Kier molecular flexibility index (Phi) is 3.10. The Balaban J connectivity index is 2.03. The number of aliphatic hydroxyl groups excluding tert-OH is 2. The lowest BCUT2D eigenvalue weighted by atomic mass is 9.85. The van der Waals surface area contributed by atoms with Crippen LogP contribution in [0.25, 0.3) is 0 Å². The molecule has 0 bridgehead atoms. The molecule has 0 radical (unpaired) electrons. The van der Waals surface area contributed by atoms with Crippen LogP contribution in [0.5, 0.6) is 0 Å². The highest BCUT2D eigenvalue weighted by molar-refractivity contribution is 5.89. The van der Waals surface area contributed by atoms with Gasteiger partial charge in [0.25, 0.3) is 5.91 Å². The Labute approximate surface area is 116 Å². The normalized spacial score (nSPS) is 32.9. The molecule has 3 rings (SSSR count). The minimum atomic E-state index is -0.638. The molecular formula is C13H18N4O3. The number of carbonyl (C=O) groups excluding carboxylic acids is 1. The topological polar surface area (TPSA) is 114 Å². The van der Waals surface area contributed by atoms with E-state index in [1.54, 1.807) is 6.92 Å². The highest BCUT2D eigenvalue weighted by Gasteiger charge is 2.45. The van der Waals surface area contributed by atoms with Gasteiger partial charge in [-0.2, -0.15) is 5.10 Å². The van der Waals surface area contributed by atoms with Crippen molar-refractivity contribution < 1.29 is 15.0 Å². The van der Waals surface area contributed by atoms with Crippen molar-refractivity contribution in [2.75, 3.05) is 0 Å². The van der Waals surface area contributed by atoms with Gasteiger partial charge in [0.05, 0.1) is 18.2 Å². The summed E-state index contributed by atoms with van der Waals surface area (Å²) < 4.78 is 1.49. The average Bonchev–Trinajstić information content (AvgIpc) is 2.91. The van der Waals surface area contributed by atoms with E-state index in [0.29, 0.717) is 18.7 Å². The standard InChI is InChI=1S/C13H18N4O3/c1-6-15-13(12(14)20)17(16-6)8-5-10(19)11-7(8)3-2-4-9(11)18/h3,8-11,18-19H,2,4-5H2,1H3,(H2,14,20)/t8-,9+,10-,11+/m0/s1. The second kappa shape index (κ2) is 4.68. The molecule has 0 spiro atoms. The summed E-state index contributed by atoms with van der Waals surface area (Å²) in [6.45, 7) is 1.69. The largest absolute Gasteiger partial charge is 0.392 e. The number of hydrogen-bond donors (Lipinski definition) is 3. The third-order valence-corrected chi connectivity index (χ3v) is 4.16. The third kappa shape index (κ3) is 1.94. The maximum absolute atomic E-state index is 11.5. The quantitative estimate of drug-likeness (QED) is 0.642. The van der Waals surface area contributed by atoms with Gasteiger partial charge in [0.15, 0.2) is 0 Å². The van der Waals surface area contributed by atoms with Gasteiger partial charge < -0.3 is 15.9 Å². The first kappa shape index (κ1) is 13.3. The maximum Gasteiger partial charge on any atom is 0.286 e. The molecular weight excluding hydrogens is 260 g/mol. The summed E-state index contributed by atoms with van der Waals surface area (Å²) in [5.41, 5.74) is 6.27. The molecule has 108 valence electrons. The number of amides is 1. The molecule has 20 heavy (non-hydrogen) atoms. The molecule has 4 N–H and O–H groups in total. The highest BCUT2D eigenvalue weighted by Crippen LogP contribution is 2.45. The minimum Gasteiger partial charge on any atom is -0.392 e. The molecule has 1 aromatic heterocycles. The lowest BCUT2D eigenvalue weighted by Gasteiger charge is -2.27. The van der Waals surface area contributed by atoms with Gasteiger partial charge in [-0.1, -0.05) is 6.08 Å². The number of hydrogen-bond acceptors (Lipinski definition) is 5. The summed E-state index contributed by atoms with van der Waals surface area (Å²) in [6.07, 6.45) is 2.67. The molecule has 7 heteroatoms. The summed E-state index contributed by atoms with van der Waals surface area (Å²) in [7, 11) is 0. The summed E-state index contributed by atoms with van der Waals surface area (Å²) >= 11 is 0. The van der Waals surface area contributed by atoms with Gasteiger partial charge in [-0.05, 0) is 25.3 Å².